The molecule has 8 heavy (non-hydrogen) atoms. The van der Waals surface area contributed by atoms with E-state index < -0.39 is 5.78 Å². The van der Waals surface area contributed by atoms with E-state index in [-0.39, 0.29) is 5.71 Å². The molecule has 0 aromatic heterocycles. The van der Waals surface area contributed by atoms with Gasteiger partial charge in [-0.3, -0.25) is 4.79 Å². The molecule has 0 heterocycles. The second-order valence-corrected chi connectivity index (χ2v) is 1.15. The van der Waals surface area contributed by atoms with Gasteiger partial charge in [0, 0.05) is 6.92 Å². The molecule has 0 aromatic rings. The molecule has 2 N–H and O–H groups in total. The number of Topliss-reactive ketones (excluding diaryl/α,β-unsaturated/α-hetero) is 1. The van der Waals surface area contributed by atoms with E-state index >= 15 is 0 Å². The Kier molecular flexibility index (Phi) is 2.28. The quantitative estimate of drug-likeness (QED) is 0.279. The van der Waals surface area contributed by atoms with Crippen LogP contribution in [0.25, 0.3) is 0 Å². The van der Waals surface area contributed by atoms with Crippen molar-refractivity contribution in [2.75, 3.05) is 0 Å². The molecule has 0 saturated carbocycles. The second kappa shape index (κ2) is 2.75. The van der Waals surface area contributed by atoms with Crippen molar-refractivity contribution in [2.24, 2.45) is 10.9 Å². The van der Waals surface area contributed by atoms with E-state index in [0.717, 1.165) is 0 Å². The first-order chi connectivity index (χ1) is 3.72. The van der Waals surface area contributed by atoms with Crippen LogP contribution in [-0.4, -0.2) is 11.5 Å². The van der Waals surface area contributed by atoms with Crippen molar-refractivity contribution < 1.29 is 4.79 Å². The lowest BCUT2D eigenvalue weighted by Crippen LogP contribution is -2.08. The normalized spacial score (nSPS) is 10.2. The van der Waals surface area contributed by atoms with Crippen LogP contribution in [0.1, 0.15) is 6.92 Å². The predicted molar refractivity (Wildman–Crippen MR) is 27.9 cm³/mol. The summed E-state index contributed by atoms with van der Waals surface area (Å²) in [6.45, 7) is 1.23. The molecule has 0 spiro atoms. The first-order valence-electron chi connectivity index (χ1n) is 1.91. The number of carbonyl (C=O) groups is 1. The van der Waals surface area contributed by atoms with E-state index in [9.17, 15) is 4.79 Å². The summed E-state index contributed by atoms with van der Waals surface area (Å²) in [6, 6.07) is 1.53. The molecule has 0 aliphatic rings. The van der Waals surface area contributed by atoms with Crippen molar-refractivity contribution in [1.29, 1.82) is 5.26 Å². The summed E-state index contributed by atoms with van der Waals surface area (Å²) in [6.07, 6.45) is 0. The van der Waals surface area contributed by atoms with Crippen LogP contribution in [0.3, 0.4) is 0 Å². The van der Waals surface area contributed by atoms with Crippen LogP contribution >= 0.6 is 0 Å². The lowest BCUT2D eigenvalue weighted by molar-refractivity contribution is -0.110. The Morgan fingerprint density at radius 1 is 1.88 bits per heavy atom. The van der Waals surface area contributed by atoms with Crippen LogP contribution < -0.4 is 5.84 Å². The maximum absolute atomic E-state index is 10.2. The highest BCUT2D eigenvalue weighted by Crippen LogP contribution is 1.72. The molecule has 42 valence electrons. The Bertz CT molecular complexity index is 165. The van der Waals surface area contributed by atoms with Crippen LogP contribution in [0.15, 0.2) is 5.10 Å². The number of hydrogen-bond acceptors (Lipinski definition) is 4. The molecule has 4 heteroatoms. The van der Waals surface area contributed by atoms with Crippen LogP contribution in [-0.2, 0) is 4.79 Å². The summed E-state index contributed by atoms with van der Waals surface area (Å²) in [5.74, 6) is 4.22. The van der Waals surface area contributed by atoms with Crippen molar-refractivity contribution in [1.82, 2.24) is 0 Å². The smallest absolute Gasteiger partial charge is 0.202 e. The molecule has 0 atom stereocenters. The lowest BCUT2D eigenvalue weighted by Gasteiger charge is -1.80. The van der Waals surface area contributed by atoms with Gasteiger partial charge in [0.1, 0.15) is 6.07 Å². The average molecular weight is 111 g/mol. The van der Waals surface area contributed by atoms with E-state index in [1.807, 2.05) is 0 Å². The minimum absolute atomic E-state index is 0.245. The minimum Gasteiger partial charge on any atom is -0.322 e. The van der Waals surface area contributed by atoms with Crippen LogP contribution in [0.4, 0.5) is 0 Å². The first kappa shape index (κ1) is 6.63. The van der Waals surface area contributed by atoms with E-state index in [2.05, 4.69) is 10.9 Å². The van der Waals surface area contributed by atoms with E-state index in [4.69, 9.17) is 5.26 Å². The summed E-state index contributed by atoms with van der Waals surface area (Å²) in [7, 11) is 0. The van der Waals surface area contributed by atoms with E-state index in [1.54, 1.807) is 0 Å². The lowest BCUT2D eigenvalue weighted by atomic mass is 10.3. The fourth-order valence-electron chi connectivity index (χ4n) is 0.198. The van der Waals surface area contributed by atoms with Crippen LogP contribution in [0, 0.1) is 11.3 Å². The van der Waals surface area contributed by atoms with Crippen LogP contribution in [0.5, 0.6) is 0 Å². The molecule has 0 fully saturated rings. The van der Waals surface area contributed by atoms with Gasteiger partial charge in [0.2, 0.25) is 5.71 Å². The molecule has 4 nitrogen and oxygen atoms in total. The number of rotatable bonds is 1. The van der Waals surface area contributed by atoms with Gasteiger partial charge in [-0.05, 0) is 0 Å². The van der Waals surface area contributed by atoms with Crippen LogP contribution in [0.2, 0.25) is 0 Å². The zero-order valence-corrected chi connectivity index (χ0v) is 4.38. The van der Waals surface area contributed by atoms with Crippen molar-refractivity contribution in [2.45, 2.75) is 6.92 Å². The van der Waals surface area contributed by atoms with Crippen molar-refractivity contribution in [3.63, 3.8) is 0 Å². The first-order valence-corrected chi connectivity index (χ1v) is 1.91. The highest BCUT2D eigenvalue weighted by atomic mass is 16.1. The van der Waals surface area contributed by atoms with E-state index in [0.29, 0.717) is 0 Å². The van der Waals surface area contributed by atoms with Gasteiger partial charge < -0.3 is 5.84 Å². The third-order valence-corrected chi connectivity index (χ3v) is 0.568. The Morgan fingerprint density at radius 2 is 2.38 bits per heavy atom. The molecule has 0 saturated heterocycles. The van der Waals surface area contributed by atoms with Gasteiger partial charge >= 0.3 is 0 Å². The highest BCUT2D eigenvalue weighted by molar-refractivity contribution is 6.45. The SMILES string of the molecule is CC(=O)/C(C#N)=N\N. The number of hydrazone groups is 1. The molecule has 0 aromatic carbocycles. The zero-order valence-electron chi connectivity index (χ0n) is 4.38. The fourth-order valence-corrected chi connectivity index (χ4v) is 0.198. The standard InChI is InChI=1S/C4H5N3O/c1-3(8)4(2-5)7-6/h6H2,1H3/b7-4-. The van der Waals surface area contributed by atoms with Gasteiger partial charge in [0.05, 0.1) is 0 Å². The maximum atomic E-state index is 10.2. The molecule has 0 aliphatic carbocycles. The number of nitriles is 1. The molecule has 0 amide bonds. The topological polar surface area (TPSA) is 79.2 Å². The second-order valence-electron chi connectivity index (χ2n) is 1.15. The molecule has 0 radical (unpaired) electrons. The summed E-state index contributed by atoms with van der Waals surface area (Å²) in [4.78, 5) is 10.2. The van der Waals surface area contributed by atoms with Crippen molar-refractivity contribution in [3.05, 3.63) is 0 Å². The Morgan fingerprint density at radius 3 is 2.38 bits per heavy atom. The minimum atomic E-state index is -0.407. The third-order valence-electron chi connectivity index (χ3n) is 0.568. The molecular weight excluding hydrogens is 106 g/mol. The Balaban J connectivity index is 4.20. The number of hydrogen-bond donors (Lipinski definition) is 1. The monoisotopic (exact) mass is 111 g/mol. The van der Waals surface area contributed by atoms with Crippen molar-refractivity contribution in [3.8, 4) is 6.07 Å². The van der Waals surface area contributed by atoms with Gasteiger partial charge in [0.15, 0.2) is 5.78 Å². The van der Waals surface area contributed by atoms with Gasteiger partial charge in [-0.1, -0.05) is 0 Å². The molecule has 0 unspecified atom stereocenters. The summed E-state index contributed by atoms with van der Waals surface area (Å²) >= 11 is 0. The summed E-state index contributed by atoms with van der Waals surface area (Å²) in [5, 5.41) is 10.9. The molecule has 0 rings (SSSR count). The fraction of sp³-hybridized carbons (Fsp3) is 0.250. The van der Waals surface area contributed by atoms with Gasteiger partial charge in [-0.15, -0.1) is 0 Å². The molecular formula is C4H5N3O. The third kappa shape index (κ3) is 1.39. The Hall–Kier alpha value is -1.37. The number of carbonyl (C=O) groups excluding carboxylic acids is 1. The predicted octanol–water partition coefficient (Wildman–Crippen LogP) is -0.586. The van der Waals surface area contributed by atoms with Gasteiger partial charge in [-0.2, -0.15) is 10.4 Å². The number of nitrogens with two attached hydrogens (primary N) is 1. The maximum Gasteiger partial charge on any atom is 0.202 e. The number of ketones is 1. The highest BCUT2D eigenvalue weighted by Gasteiger charge is 2.00. The largest absolute Gasteiger partial charge is 0.322 e. The zero-order chi connectivity index (χ0) is 6.57. The van der Waals surface area contributed by atoms with Gasteiger partial charge in [0.25, 0.3) is 0 Å². The summed E-state index contributed by atoms with van der Waals surface area (Å²) < 4.78 is 0. The summed E-state index contributed by atoms with van der Waals surface area (Å²) in [5.41, 5.74) is -0.245. The van der Waals surface area contributed by atoms with E-state index in [1.165, 1.54) is 13.0 Å². The van der Waals surface area contributed by atoms with Crippen molar-refractivity contribution >= 4 is 11.5 Å². The molecule has 0 aliphatic heterocycles. The van der Waals surface area contributed by atoms with Gasteiger partial charge in [-0.25, -0.2) is 0 Å². The Labute approximate surface area is 46.6 Å². The number of nitrogens with zero attached hydrogens (tertiary/aromatic N) is 2. The molecule has 0 bridgehead atoms. The average Bonchev–Trinajstić information content (AvgIpc) is 1.69.